The molecule has 2 rings (SSSR count). The van der Waals surface area contributed by atoms with E-state index in [1.54, 1.807) is 7.11 Å². The van der Waals surface area contributed by atoms with Gasteiger partial charge in [-0.25, -0.2) is 0 Å². The molecule has 0 spiro atoms. The van der Waals surface area contributed by atoms with Crippen molar-refractivity contribution in [3.8, 4) is 0 Å². The summed E-state index contributed by atoms with van der Waals surface area (Å²) in [6, 6.07) is 0.519. The number of aromatic nitrogens is 2. The first-order valence-electron chi connectivity index (χ1n) is 8.28. The highest BCUT2D eigenvalue weighted by Gasteiger charge is 2.37. The number of hydrogen-bond acceptors (Lipinski definition) is 5. The maximum atomic E-state index is 5.82. The molecule has 1 saturated carbocycles. The Kier molecular flexibility index (Phi) is 6.18. The molecule has 120 valence electrons. The minimum Gasteiger partial charge on any atom is -0.370 e. The first-order valence-corrected chi connectivity index (χ1v) is 8.28. The second kappa shape index (κ2) is 7.90. The van der Waals surface area contributed by atoms with Crippen molar-refractivity contribution in [2.24, 2.45) is 0 Å². The molecule has 0 bridgehead atoms. The van der Waals surface area contributed by atoms with E-state index < -0.39 is 0 Å². The zero-order valence-corrected chi connectivity index (χ0v) is 13.7. The molecule has 5 heteroatoms. The third-order valence-corrected chi connectivity index (χ3v) is 4.30. The van der Waals surface area contributed by atoms with Crippen molar-refractivity contribution in [1.82, 2.24) is 15.5 Å². The van der Waals surface area contributed by atoms with Crippen LogP contribution >= 0.6 is 0 Å². The van der Waals surface area contributed by atoms with E-state index in [0.29, 0.717) is 6.04 Å². The van der Waals surface area contributed by atoms with Crippen molar-refractivity contribution in [2.75, 3.05) is 13.7 Å². The van der Waals surface area contributed by atoms with E-state index in [9.17, 15) is 0 Å². The summed E-state index contributed by atoms with van der Waals surface area (Å²) in [5.41, 5.74) is -0.325. The average Bonchev–Trinajstić information content (AvgIpc) is 2.81. The van der Waals surface area contributed by atoms with Crippen LogP contribution < -0.4 is 5.32 Å². The summed E-state index contributed by atoms with van der Waals surface area (Å²) in [6.07, 6.45) is 8.74. The van der Waals surface area contributed by atoms with Crippen LogP contribution in [0.4, 0.5) is 0 Å². The van der Waals surface area contributed by atoms with Crippen LogP contribution in [0, 0.1) is 0 Å². The molecule has 1 fully saturated rings. The third-order valence-electron chi connectivity index (χ3n) is 4.30. The maximum Gasteiger partial charge on any atom is 0.226 e. The molecular formula is C16H29N3O2. The Bertz CT molecular complexity index is 409. The normalized spacial score (nSPS) is 18.9. The molecule has 0 saturated heterocycles. The predicted octanol–water partition coefficient (Wildman–Crippen LogP) is 3.20. The van der Waals surface area contributed by atoms with Gasteiger partial charge in [0, 0.05) is 19.6 Å². The predicted molar refractivity (Wildman–Crippen MR) is 82.1 cm³/mol. The molecule has 0 unspecified atom stereocenters. The molecule has 1 aliphatic rings. The molecule has 1 N–H and O–H groups in total. The lowest BCUT2D eigenvalue weighted by Gasteiger charge is -2.27. The van der Waals surface area contributed by atoms with Gasteiger partial charge < -0.3 is 14.6 Å². The Balaban J connectivity index is 1.93. The van der Waals surface area contributed by atoms with Crippen LogP contribution in [0.5, 0.6) is 0 Å². The Labute approximate surface area is 127 Å². The van der Waals surface area contributed by atoms with Gasteiger partial charge in [0.05, 0.1) is 0 Å². The van der Waals surface area contributed by atoms with Crippen LogP contribution in [0.15, 0.2) is 4.52 Å². The molecule has 1 aliphatic carbocycles. The van der Waals surface area contributed by atoms with Crippen molar-refractivity contribution < 1.29 is 9.26 Å². The van der Waals surface area contributed by atoms with Gasteiger partial charge in [-0.2, -0.15) is 4.98 Å². The zero-order valence-electron chi connectivity index (χ0n) is 13.7. The van der Waals surface area contributed by atoms with Gasteiger partial charge >= 0.3 is 0 Å². The van der Waals surface area contributed by atoms with E-state index in [-0.39, 0.29) is 5.60 Å². The van der Waals surface area contributed by atoms with Crippen LogP contribution in [-0.2, 0) is 16.8 Å². The van der Waals surface area contributed by atoms with Crippen LogP contribution in [0.3, 0.4) is 0 Å². The number of methoxy groups -OCH3 is 1. The van der Waals surface area contributed by atoms with Crippen molar-refractivity contribution in [1.29, 1.82) is 0 Å². The van der Waals surface area contributed by atoms with Crippen molar-refractivity contribution in [3.05, 3.63) is 11.7 Å². The van der Waals surface area contributed by atoms with Crippen LogP contribution in [0.1, 0.15) is 70.5 Å². The number of aryl methyl sites for hydroxylation is 1. The maximum absolute atomic E-state index is 5.82. The molecule has 0 aromatic carbocycles. The van der Waals surface area contributed by atoms with E-state index >= 15 is 0 Å². The monoisotopic (exact) mass is 295 g/mol. The van der Waals surface area contributed by atoms with E-state index in [0.717, 1.165) is 43.9 Å². The lowest BCUT2D eigenvalue weighted by Crippen LogP contribution is -2.29. The lowest BCUT2D eigenvalue weighted by atomic mass is 9.93. The molecular weight excluding hydrogens is 266 g/mol. The first-order chi connectivity index (χ1) is 10.2. The highest BCUT2D eigenvalue weighted by molar-refractivity contribution is 5.02. The summed E-state index contributed by atoms with van der Waals surface area (Å²) < 4.78 is 11.2. The fraction of sp³-hybridized carbons (Fsp3) is 0.875. The highest BCUT2D eigenvalue weighted by atomic mass is 16.5. The molecule has 1 aromatic heterocycles. The standard InChI is InChI=1S/C16H29N3O2/c1-13(2)17-12-8-9-14-18-15(19-21-14)16(20-3)10-6-4-5-7-11-16/h13,17H,4-12H2,1-3H3. The molecule has 0 amide bonds. The summed E-state index contributed by atoms with van der Waals surface area (Å²) in [5, 5.41) is 7.61. The van der Waals surface area contributed by atoms with Crippen LogP contribution in [0.25, 0.3) is 0 Å². The highest BCUT2D eigenvalue weighted by Crippen LogP contribution is 2.37. The van der Waals surface area contributed by atoms with E-state index in [4.69, 9.17) is 9.26 Å². The van der Waals surface area contributed by atoms with Gasteiger partial charge in [-0.05, 0) is 25.8 Å². The Morgan fingerprint density at radius 3 is 2.57 bits per heavy atom. The molecule has 0 aliphatic heterocycles. The Morgan fingerprint density at radius 2 is 1.95 bits per heavy atom. The molecule has 1 heterocycles. The average molecular weight is 295 g/mol. The zero-order chi connectivity index (χ0) is 15.1. The SMILES string of the molecule is COC1(c2noc(CCCNC(C)C)n2)CCCCCC1. The molecule has 0 atom stereocenters. The summed E-state index contributed by atoms with van der Waals surface area (Å²) in [7, 11) is 1.77. The van der Waals surface area contributed by atoms with Crippen LogP contribution in [-0.4, -0.2) is 29.8 Å². The minimum atomic E-state index is -0.325. The fourth-order valence-electron chi connectivity index (χ4n) is 2.99. The number of hydrogen-bond donors (Lipinski definition) is 1. The van der Waals surface area contributed by atoms with Gasteiger partial charge in [-0.1, -0.05) is 44.7 Å². The molecule has 21 heavy (non-hydrogen) atoms. The fourth-order valence-corrected chi connectivity index (χ4v) is 2.99. The summed E-state index contributed by atoms with van der Waals surface area (Å²) >= 11 is 0. The molecule has 0 radical (unpaired) electrons. The Morgan fingerprint density at radius 1 is 1.24 bits per heavy atom. The minimum absolute atomic E-state index is 0.325. The van der Waals surface area contributed by atoms with E-state index in [1.165, 1.54) is 25.7 Å². The Hall–Kier alpha value is -0.940. The first kappa shape index (κ1) is 16.4. The van der Waals surface area contributed by atoms with Gasteiger partial charge in [0.25, 0.3) is 0 Å². The number of rotatable bonds is 7. The summed E-state index contributed by atoms with van der Waals surface area (Å²) in [6.45, 7) is 5.28. The number of nitrogens with one attached hydrogen (secondary N) is 1. The largest absolute Gasteiger partial charge is 0.370 e. The van der Waals surface area contributed by atoms with Gasteiger partial charge in [-0.15, -0.1) is 0 Å². The van der Waals surface area contributed by atoms with Gasteiger partial charge in [0.2, 0.25) is 11.7 Å². The smallest absolute Gasteiger partial charge is 0.226 e. The molecule has 1 aromatic rings. The van der Waals surface area contributed by atoms with E-state index in [2.05, 4.69) is 29.3 Å². The number of ether oxygens (including phenoxy) is 1. The summed E-state index contributed by atoms with van der Waals surface area (Å²) in [5.74, 6) is 1.48. The van der Waals surface area contributed by atoms with Gasteiger partial charge in [0.15, 0.2) is 0 Å². The second-order valence-corrected chi connectivity index (χ2v) is 6.34. The second-order valence-electron chi connectivity index (χ2n) is 6.34. The van der Waals surface area contributed by atoms with Crippen LogP contribution in [0.2, 0.25) is 0 Å². The van der Waals surface area contributed by atoms with Gasteiger partial charge in [0.1, 0.15) is 5.60 Å². The summed E-state index contributed by atoms with van der Waals surface area (Å²) in [4.78, 5) is 4.60. The third kappa shape index (κ3) is 4.51. The van der Waals surface area contributed by atoms with Crippen molar-refractivity contribution >= 4 is 0 Å². The van der Waals surface area contributed by atoms with Gasteiger partial charge in [-0.3, -0.25) is 0 Å². The topological polar surface area (TPSA) is 60.2 Å². The number of nitrogens with zero attached hydrogens (tertiary/aromatic N) is 2. The quantitative estimate of drug-likeness (QED) is 0.618. The van der Waals surface area contributed by atoms with Crippen molar-refractivity contribution in [3.63, 3.8) is 0 Å². The van der Waals surface area contributed by atoms with E-state index in [1.807, 2.05) is 0 Å². The molecule has 5 nitrogen and oxygen atoms in total. The van der Waals surface area contributed by atoms with Crippen molar-refractivity contribution in [2.45, 2.75) is 76.9 Å². The lowest BCUT2D eigenvalue weighted by molar-refractivity contribution is -0.0365.